The summed E-state index contributed by atoms with van der Waals surface area (Å²) in [6.07, 6.45) is 2.76. The molecule has 46 heavy (non-hydrogen) atoms. The molecule has 1 heterocycles. The van der Waals surface area contributed by atoms with E-state index in [-0.39, 0.29) is 23.8 Å². The van der Waals surface area contributed by atoms with Crippen molar-refractivity contribution in [2.45, 2.75) is 99.3 Å². The SMILES string of the molecule is CC(C)=CCOc1ccc(C2=C(CC(C)C)C(=O)N(C(Cc3ccccc3)C(=O)N[C@@H](CC(C)C)C(=O)OC(C)(C)C)C2=O)cc1. The van der Waals surface area contributed by atoms with E-state index >= 15 is 0 Å². The molecule has 8 heteroatoms. The van der Waals surface area contributed by atoms with Crippen molar-refractivity contribution in [2.24, 2.45) is 11.8 Å². The molecular weight excluding hydrogens is 580 g/mol. The average Bonchev–Trinajstić information content (AvgIpc) is 3.19. The third-order valence-corrected chi connectivity index (χ3v) is 7.31. The summed E-state index contributed by atoms with van der Waals surface area (Å²) in [4.78, 5) is 56.9. The van der Waals surface area contributed by atoms with Gasteiger partial charge < -0.3 is 14.8 Å². The van der Waals surface area contributed by atoms with Crippen LogP contribution >= 0.6 is 0 Å². The molecule has 0 aliphatic carbocycles. The molecule has 1 aliphatic heterocycles. The van der Waals surface area contributed by atoms with Crippen molar-refractivity contribution in [1.29, 1.82) is 0 Å². The summed E-state index contributed by atoms with van der Waals surface area (Å²) in [5.74, 6) is -1.38. The maximum absolute atomic E-state index is 14.3. The van der Waals surface area contributed by atoms with Crippen molar-refractivity contribution in [1.82, 2.24) is 10.2 Å². The van der Waals surface area contributed by atoms with Crippen molar-refractivity contribution >= 4 is 29.3 Å². The highest BCUT2D eigenvalue weighted by Gasteiger charge is 2.45. The Morgan fingerprint density at radius 2 is 1.50 bits per heavy atom. The largest absolute Gasteiger partial charge is 0.490 e. The lowest BCUT2D eigenvalue weighted by molar-refractivity contribution is -0.159. The minimum Gasteiger partial charge on any atom is -0.490 e. The highest BCUT2D eigenvalue weighted by molar-refractivity contribution is 6.36. The van der Waals surface area contributed by atoms with Crippen LogP contribution in [0.5, 0.6) is 5.75 Å². The number of rotatable bonds is 14. The minimum atomic E-state index is -1.19. The molecular formula is C38H50N2O6. The van der Waals surface area contributed by atoms with E-state index in [1.165, 1.54) is 0 Å². The van der Waals surface area contributed by atoms with Crippen LogP contribution in [0.25, 0.3) is 5.57 Å². The Labute approximate surface area is 274 Å². The van der Waals surface area contributed by atoms with E-state index in [1.54, 1.807) is 45.0 Å². The second-order valence-electron chi connectivity index (χ2n) is 14.0. The Bertz CT molecular complexity index is 1440. The summed E-state index contributed by atoms with van der Waals surface area (Å²) in [6.45, 7) is 17.6. The first-order valence-electron chi connectivity index (χ1n) is 16.1. The van der Waals surface area contributed by atoms with Gasteiger partial charge in [-0.05, 0) is 88.6 Å². The van der Waals surface area contributed by atoms with Crippen LogP contribution in [0.2, 0.25) is 0 Å². The maximum atomic E-state index is 14.3. The number of amides is 3. The zero-order valence-electron chi connectivity index (χ0n) is 28.8. The van der Waals surface area contributed by atoms with Crippen molar-refractivity contribution in [3.8, 4) is 5.75 Å². The van der Waals surface area contributed by atoms with Crippen LogP contribution in [-0.4, -0.2) is 52.9 Å². The number of nitrogens with zero attached hydrogens (tertiary/aromatic N) is 1. The first-order chi connectivity index (χ1) is 21.6. The van der Waals surface area contributed by atoms with Crippen LogP contribution in [0.15, 0.2) is 71.8 Å². The molecule has 0 fully saturated rings. The number of benzene rings is 2. The summed E-state index contributed by atoms with van der Waals surface area (Å²) in [5, 5.41) is 2.85. The van der Waals surface area contributed by atoms with Crippen LogP contribution in [0.4, 0.5) is 0 Å². The number of ether oxygens (including phenoxy) is 2. The number of nitrogens with one attached hydrogen (secondary N) is 1. The van der Waals surface area contributed by atoms with Crippen LogP contribution in [0.3, 0.4) is 0 Å². The zero-order chi connectivity index (χ0) is 34.2. The van der Waals surface area contributed by atoms with Gasteiger partial charge in [-0.1, -0.05) is 75.7 Å². The van der Waals surface area contributed by atoms with E-state index in [0.717, 1.165) is 16.0 Å². The van der Waals surface area contributed by atoms with Gasteiger partial charge in [-0.3, -0.25) is 19.3 Å². The normalized spacial score (nSPS) is 14.9. The molecule has 0 aromatic heterocycles. The van der Waals surface area contributed by atoms with E-state index in [9.17, 15) is 19.2 Å². The number of esters is 1. The van der Waals surface area contributed by atoms with Crippen molar-refractivity contribution in [2.75, 3.05) is 6.61 Å². The molecule has 1 N–H and O–H groups in total. The molecule has 0 spiro atoms. The molecule has 2 aromatic carbocycles. The monoisotopic (exact) mass is 630 g/mol. The average molecular weight is 631 g/mol. The molecule has 1 unspecified atom stereocenters. The van der Waals surface area contributed by atoms with E-state index in [0.29, 0.717) is 36.3 Å². The number of hydrogen-bond donors (Lipinski definition) is 1. The van der Waals surface area contributed by atoms with Crippen molar-refractivity contribution < 1.29 is 28.7 Å². The molecule has 0 bridgehead atoms. The van der Waals surface area contributed by atoms with Crippen LogP contribution in [0.1, 0.15) is 86.3 Å². The third-order valence-electron chi connectivity index (χ3n) is 7.31. The number of allylic oxidation sites excluding steroid dienone is 1. The molecule has 248 valence electrons. The van der Waals surface area contributed by atoms with Gasteiger partial charge in [-0.25, -0.2) is 4.79 Å². The van der Waals surface area contributed by atoms with Crippen LogP contribution in [0, 0.1) is 11.8 Å². The summed E-state index contributed by atoms with van der Waals surface area (Å²) < 4.78 is 11.4. The standard InChI is InChI=1S/C38H50N2O6/c1-24(2)19-20-45-29-17-15-28(16-18-29)33-30(21-25(3)4)35(42)40(36(33)43)32(23-27-13-11-10-12-14-27)34(41)39-31(22-26(5)6)37(44)46-38(7,8)9/h10-19,25-26,31-32H,20-23H2,1-9H3,(H,39,41)/t31-,32?/m0/s1. The lowest BCUT2D eigenvalue weighted by Crippen LogP contribution is -2.55. The lowest BCUT2D eigenvalue weighted by atomic mass is 9.95. The summed E-state index contributed by atoms with van der Waals surface area (Å²) in [5.41, 5.74) is 2.40. The highest BCUT2D eigenvalue weighted by atomic mass is 16.6. The number of hydrogen-bond acceptors (Lipinski definition) is 6. The Morgan fingerprint density at radius 1 is 0.870 bits per heavy atom. The van der Waals surface area contributed by atoms with E-state index < -0.39 is 41.4 Å². The van der Waals surface area contributed by atoms with Gasteiger partial charge in [0.1, 0.15) is 30.0 Å². The van der Waals surface area contributed by atoms with E-state index in [1.807, 2.05) is 78.0 Å². The van der Waals surface area contributed by atoms with Gasteiger partial charge in [0.15, 0.2) is 0 Å². The van der Waals surface area contributed by atoms with Gasteiger partial charge in [0.05, 0.1) is 5.57 Å². The zero-order valence-corrected chi connectivity index (χ0v) is 28.8. The molecule has 0 radical (unpaired) electrons. The van der Waals surface area contributed by atoms with Crippen LogP contribution < -0.4 is 10.1 Å². The molecule has 3 amide bonds. The molecule has 1 aliphatic rings. The molecule has 3 rings (SSSR count). The molecule has 2 aromatic rings. The Balaban J connectivity index is 2.02. The lowest BCUT2D eigenvalue weighted by Gasteiger charge is -2.30. The minimum absolute atomic E-state index is 0.0697. The fourth-order valence-corrected chi connectivity index (χ4v) is 5.26. The highest BCUT2D eigenvalue weighted by Crippen LogP contribution is 2.35. The molecule has 8 nitrogen and oxygen atoms in total. The molecule has 0 saturated heterocycles. The van der Waals surface area contributed by atoms with Crippen LogP contribution in [-0.2, 0) is 30.3 Å². The fourth-order valence-electron chi connectivity index (χ4n) is 5.26. The van der Waals surface area contributed by atoms with E-state index in [2.05, 4.69) is 5.32 Å². The second-order valence-corrected chi connectivity index (χ2v) is 14.0. The van der Waals surface area contributed by atoms with Crippen molar-refractivity contribution in [3.63, 3.8) is 0 Å². The molecule has 0 saturated carbocycles. The predicted octanol–water partition coefficient (Wildman–Crippen LogP) is 6.68. The van der Waals surface area contributed by atoms with Gasteiger partial charge >= 0.3 is 5.97 Å². The topological polar surface area (TPSA) is 102 Å². The Morgan fingerprint density at radius 3 is 2.04 bits per heavy atom. The predicted molar refractivity (Wildman–Crippen MR) is 181 cm³/mol. The Hall–Kier alpha value is -4.20. The fraction of sp³-hybridized carbons (Fsp3) is 0.474. The number of imide groups is 1. The smallest absolute Gasteiger partial charge is 0.329 e. The van der Waals surface area contributed by atoms with Gasteiger partial charge in [-0.2, -0.15) is 0 Å². The maximum Gasteiger partial charge on any atom is 0.329 e. The van der Waals surface area contributed by atoms with E-state index in [4.69, 9.17) is 9.47 Å². The quantitative estimate of drug-likeness (QED) is 0.142. The number of carbonyl (C=O) groups excluding carboxylic acids is 4. The first-order valence-corrected chi connectivity index (χ1v) is 16.1. The number of carbonyl (C=O) groups is 4. The van der Waals surface area contributed by atoms with Gasteiger partial charge in [0.25, 0.3) is 11.8 Å². The summed E-state index contributed by atoms with van der Waals surface area (Å²) in [6, 6.07) is 14.2. The van der Waals surface area contributed by atoms with Gasteiger partial charge in [-0.15, -0.1) is 0 Å². The van der Waals surface area contributed by atoms with Gasteiger partial charge in [0.2, 0.25) is 5.91 Å². The summed E-state index contributed by atoms with van der Waals surface area (Å²) >= 11 is 0. The Kier molecular flexibility index (Phi) is 12.5. The third kappa shape index (κ3) is 10.2. The molecule has 2 atom stereocenters. The summed E-state index contributed by atoms with van der Waals surface area (Å²) in [7, 11) is 0. The second kappa shape index (κ2) is 15.9. The first kappa shape index (κ1) is 36.3. The van der Waals surface area contributed by atoms with Gasteiger partial charge in [0, 0.05) is 12.0 Å². The van der Waals surface area contributed by atoms with Crippen molar-refractivity contribution in [3.05, 3.63) is 82.9 Å².